The average Bonchev–Trinajstić information content (AvgIpc) is 2.40. The second kappa shape index (κ2) is 6.45. The number of hydrogen-bond acceptors (Lipinski definition) is 1. The predicted octanol–water partition coefficient (Wildman–Crippen LogP) is 4.60. The van der Waals surface area contributed by atoms with E-state index in [0.29, 0.717) is 18.7 Å². The Morgan fingerprint density at radius 2 is 1.67 bits per heavy atom. The van der Waals surface area contributed by atoms with Gasteiger partial charge in [0.1, 0.15) is 23.3 Å². The highest BCUT2D eigenvalue weighted by molar-refractivity contribution is 6.31. The van der Waals surface area contributed by atoms with E-state index in [-0.39, 0.29) is 10.6 Å². The molecular formula is C15H12ClF4N. The van der Waals surface area contributed by atoms with Crippen LogP contribution in [-0.2, 0) is 0 Å². The lowest BCUT2D eigenvalue weighted by Crippen LogP contribution is -2.25. The quantitative estimate of drug-likeness (QED) is 0.813. The van der Waals surface area contributed by atoms with E-state index in [1.807, 2.05) is 0 Å². The fourth-order valence-electron chi connectivity index (χ4n) is 2.14. The van der Waals surface area contributed by atoms with Crippen LogP contribution in [0.15, 0.2) is 30.3 Å². The molecule has 1 nitrogen and oxygen atoms in total. The van der Waals surface area contributed by atoms with Crippen LogP contribution in [0.5, 0.6) is 0 Å². The van der Waals surface area contributed by atoms with Crippen molar-refractivity contribution in [1.29, 1.82) is 0 Å². The Labute approximate surface area is 124 Å². The van der Waals surface area contributed by atoms with Gasteiger partial charge in [-0.15, -0.1) is 0 Å². The summed E-state index contributed by atoms with van der Waals surface area (Å²) in [6.45, 7) is 2.08. The Morgan fingerprint density at radius 1 is 1.05 bits per heavy atom. The lowest BCUT2D eigenvalue weighted by atomic mass is 9.97. The highest BCUT2D eigenvalue weighted by Crippen LogP contribution is 2.33. The molecule has 1 unspecified atom stereocenters. The van der Waals surface area contributed by atoms with Gasteiger partial charge in [-0.25, -0.2) is 17.6 Å². The monoisotopic (exact) mass is 317 g/mol. The second-order valence-corrected chi connectivity index (χ2v) is 4.79. The summed E-state index contributed by atoms with van der Waals surface area (Å²) in [5.41, 5.74) is -0.214. The Balaban J connectivity index is 2.62. The first-order chi connectivity index (χ1) is 9.95. The van der Waals surface area contributed by atoms with Crippen LogP contribution in [0.3, 0.4) is 0 Å². The standard InChI is InChI=1S/C15H12ClF4N/c1-2-21-15(9-4-3-5-10(18)14(9)16)13-11(19)6-8(17)7-12(13)20/h3-7,15,21H,2H2,1H3. The Hall–Kier alpha value is -1.59. The fraction of sp³-hybridized carbons (Fsp3) is 0.200. The van der Waals surface area contributed by atoms with Gasteiger partial charge in [0.2, 0.25) is 0 Å². The molecule has 0 bridgehead atoms. The molecule has 0 radical (unpaired) electrons. The first-order valence-corrected chi connectivity index (χ1v) is 6.65. The zero-order valence-corrected chi connectivity index (χ0v) is 11.8. The molecule has 0 aliphatic heterocycles. The van der Waals surface area contributed by atoms with Crippen molar-refractivity contribution in [3.8, 4) is 0 Å². The number of nitrogens with one attached hydrogen (secondary N) is 1. The van der Waals surface area contributed by atoms with Crippen molar-refractivity contribution in [3.05, 3.63) is 69.8 Å². The van der Waals surface area contributed by atoms with Crippen LogP contribution in [0.4, 0.5) is 17.6 Å². The van der Waals surface area contributed by atoms with E-state index >= 15 is 0 Å². The second-order valence-electron chi connectivity index (χ2n) is 4.42. The van der Waals surface area contributed by atoms with E-state index in [1.54, 1.807) is 6.92 Å². The minimum Gasteiger partial charge on any atom is -0.306 e. The minimum atomic E-state index is -1.06. The average molecular weight is 318 g/mol. The molecule has 1 N–H and O–H groups in total. The summed E-state index contributed by atoms with van der Waals surface area (Å²) in [6.07, 6.45) is 0. The summed E-state index contributed by atoms with van der Waals surface area (Å²) in [6, 6.07) is 4.14. The summed E-state index contributed by atoms with van der Waals surface area (Å²) in [4.78, 5) is 0. The molecule has 0 saturated heterocycles. The molecule has 0 aromatic heterocycles. The number of rotatable bonds is 4. The van der Waals surface area contributed by atoms with Crippen molar-refractivity contribution in [3.63, 3.8) is 0 Å². The lowest BCUT2D eigenvalue weighted by Gasteiger charge is -2.21. The molecule has 21 heavy (non-hydrogen) atoms. The Kier molecular flexibility index (Phi) is 4.85. The summed E-state index contributed by atoms with van der Waals surface area (Å²) >= 11 is 5.88. The van der Waals surface area contributed by atoms with Crippen LogP contribution in [0.1, 0.15) is 24.1 Å². The Bertz CT molecular complexity index is 637. The van der Waals surface area contributed by atoms with Crippen LogP contribution in [0.2, 0.25) is 5.02 Å². The molecule has 0 amide bonds. The topological polar surface area (TPSA) is 12.0 Å². The third-order valence-electron chi connectivity index (χ3n) is 3.03. The van der Waals surface area contributed by atoms with E-state index in [2.05, 4.69) is 5.32 Å². The van der Waals surface area contributed by atoms with Crippen LogP contribution in [0, 0.1) is 23.3 Å². The van der Waals surface area contributed by atoms with Crippen LogP contribution >= 0.6 is 11.6 Å². The van der Waals surface area contributed by atoms with E-state index < -0.39 is 34.9 Å². The van der Waals surface area contributed by atoms with E-state index in [4.69, 9.17) is 11.6 Å². The van der Waals surface area contributed by atoms with Gasteiger partial charge in [0.05, 0.1) is 11.1 Å². The molecule has 0 aliphatic rings. The Morgan fingerprint density at radius 3 is 2.24 bits per heavy atom. The molecule has 0 heterocycles. The molecule has 2 aromatic rings. The first-order valence-electron chi connectivity index (χ1n) is 6.27. The maximum absolute atomic E-state index is 13.9. The van der Waals surface area contributed by atoms with Gasteiger partial charge in [-0.05, 0) is 18.2 Å². The highest BCUT2D eigenvalue weighted by Gasteiger charge is 2.25. The molecular weight excluding hydrogens is 306 g/mol. The maximum Gasteiger partial charge on any atom is 0.142 e. The number of hydrogen-bond donors (Lipinski definition) is 1. The summed E-state index contributed by atoms with van der Waals surface area (Å²) in [7, 11) is 0. The first kappa shape index (κ1) is 15.8. The lowest BCUT2D eigenvalue weighted by molar-refractivity contribution is 0.490. The molecule has 0 fully saturated rings. The van der Waals surface area contributed by atoms with Gasteiger partial charge in [-0.2, -0.15) is 0 Å². The SMILES string of the molecule is CCNC(c1cccc(F)c1Cl)c1c(F)cc(F)cc1F. The van der Waals surface area contributed by atoms with Gasteiger partial charge in [0.25, 0.3) is 0 Å². The van der Waals surface area contributed by atoms with Gasteiger partial charge in [-0.3, -0.25) is 0 Å². The largest absolute Gasteiger partial charge is 0.306 e. The van der Waals surface area contributed by atoms with Gasteiger partial charge >= 0.3 is 0 Å². The predicted molar refractivity (Wildman–Crippen MR) is 73.2 cm³/mol. The summed E-state index contributed by atoms with van der Waals surface area (Å²) in [5, 5.41) is 2.60. The summed E-state index contributed by atoms with van der Waals surface area (Å²) < 4.78 is 54.5. The van der Waals surface area contributed by atoms with Crippen LogP contribution in [0.25, 0.3) is 0 Å². The molecule has 112 valence electrons. The normalized spacial score (nSPS) is 12.5. The van der Waals surface area contributed by atoms with Crippen molar-refractivity contribution < 1.29 is 17.6 Å². The third-order valence-corrected chi connectivity index (χ3v) is 3.43. The van der Waals surface area contributed by atoms with Gasteiger partial charge < -0.3 is 5.32 Å². The van der Waals surface area contributed by atoms with Crippen molar-refractivity contribution in [2.45, 2.75) is 13.0 Å². The van der Waals surface area contributed by atoms with Crippen molar-refractivity contribution in [1.82, 2.24) is 5.32 Å². The summed E-state index contributed by atoms with van der Waals surface area (Å²) in [5.74, 6) is -3.83. The van der Waals surface area contributed by atoms with E-state index in [1.165, 1.54) is 12.1 Å². The smallest absolute Gasteiger partial charge is 0.142 e. The maximum atomic E-state index is 13.9. The molecule has 2 aromatic carbocycles. The van der Waals surface area contributed by atoms with Gasteiger partial charge in [-0.1, -0.05) is 30.7 Å². The molecule has 0 spiro atoms. The fourth-order valence-corrected chi connectivity index (χ4v) is 2.38. The third kappa shape index (κ3) is 3.19. The van der Waals surface area contributed by atoms with E-state index in [0.717, 1.165) is 6.07 Å². The van der Waals surface area contributed by atoms with Crippen LogP contribution < -0.4 is 5.32 Å². The molecule has 0 saturated carbocycles. The molecule has 6 heteroatoms. The van der Waals surface area contributed by atoms with E-state index in [9.17, 15) is 17.6 Å². The molecule has 2 rings (SSSR count). The molecule has 1 atom stereocenters. The zero-order valence-electron chi connectivity index (χ0n) is 11.1. The van der Waals surface area contributed by atoms with Crippen molar-refractivity contribution in [2.24, 2.45) is 0 Å². The van der Waals surface area contributed by atoms with Crippen molar-refractivity contribution >= 4 is 11.6 Å². The van der Waals surface area contributed by atoms with Gasteiger partial charge in [0.15, 0.2) is 0 Å². The molecule has 0 aliphatic carbocycles. The van der Waals surface area contributed by atoms with Gasteiger partial charge in [0, 0.05) is 17.7 Å². The number of halogens is 5. The zero-order chi connectivity index (χ0) is 15.6. The highest BCUT2D eigenvalue weighted by atomic mass is 35.5. The van der Waals surface area contributed by atoms with Crippen molar-refractivity contribution in [2.75, 3.05) is 6.54 Å². The minimum absolute atomic E-state index is 0.183. The van der Waals surface area contributed by atoms with Crippen LogP contribution in [-0.4, -0.2) is 6.54 Å². The number of benzene rings is 2.